The van der Waals surface area contributed by atoms with Gasteiger partial charge in [-0.3, -0.25) is 0 Å². The Hall–Kier alpha value is -1.84. The van der Waals surface area contributed by atoms with Crippen LogP contribution in [0.2, 0.25) is 0 Å². The van der Waals surface area contributed by atoms with Crippen LogP contribution in [0.4, 0.5) is 0 Å². The second kappa shape index (κ2) is 7.25. The van der Waals surface area contributed by atoms with Crippen LogP contribution in [0.5, 0.6) is 5.75 Å². The summed E-state index contributed by atoms with van der Waals surface area (Å²) in [7, 11) is 0. The quantitative estimate of drug-likeness (QED) is 0.806. The van der Waals surface area contributed by atoms with Crippen LogP contribution < -0.4 is 10.1 Å². The number of para-hydroxylation sites is 1. The zero-order chi connectivity index (χ0) is 14.3. The molecule has 3 rings (SSSR count). The van der Waals surface area contributed by atoms with Gasteiger partial charge in [-0.1, -0.05) is 42.5 Å². The van der Waals surface area contributed by atoms with Gasteiger partial charge in [0.25, 0.3) is 0 Å². The summed E-state index contributed by atoms with van der Waals surface area (Å²) in [6.07, 6.45) is 0.894. The van der Waals surface area contributed by atoms with E-state index >= 15 is 0 Å². The van der Waals surface area contributed by atoms with Gasteiger partial charge >= 0.3 is 0 Å². The molecule has 2 bridgehead atoms. The van der Waals surface area contributed by atoms with E-state index < -0.39 is 0 Å². The number of fused-ring (bicyclic) bond motifs is 3. The molecule has 0 aliphatic carbocycles. The lowest BCUT2D eigenvalue weighted by Crippen LogP contribution is -2.21. The first-order valence-electron chi connectivity index (χ1n) is 7.49. The van der Waals surface area contributed by atoms with Crippen LogP contribution in [0.25, 0.3) is 0 Å². The predicted octanol–water partition coefficient (Wildman–Crippen LogP) is 2.78. The third-order valence-electron chi connectivity index (χ3n) is 3.60. The van der Waals surface area contributed by atoms with Crippen LogP contribution in [-0.4, -0.2) is 26.4 Å². The van der Waals surface area contributed by atoms with E-state index in [1.165, 1.54) is 16.7 Å². The van der Waals surface area contributed by atoms with Gasteiger partial charge in [0.15, 0.2) is 0 Å². The van der Waals surface area contributed by atoms with E-state index in [1.807, 2.05) is 12.1 Å². The van der Waals surface area contributed by atoms with Gasteiger partial charge in [0.2, 0.25) is 0 Å². The van der Waals surface area contributed by atoms with Gasteiger partial charge in [0, 0.05) is 19.5 Å². The Labute approximate surface area is 125 Å². The molecule has 3 heteroatoms. The molecule has 1 heterocycles. The third kappa shape index (κ3) is 4.06. The Kier molecular flexibility index (Phi) is 4.87. The number of ether oxygens (including phenoxy) is 2. The molecule has 0 fully saturated rings. The summed E-state index contributed by atoms with van der Waals surface area (Å²) >= 11 is 0. The lowest BCUT2D eigenvalue weighted by atomic mass is 10.0. The standard InChI is InChI=1S/C18H21NO2/c1-2-7-18-17(6-1)13-15-4-3-5-16(12-15)14-19-8-9-20-10-11-21-18/h1-7,12,19H,8-11,13-14H2. The average molecular weight is 283 g/mol. The van der Waals surface area contributed by atoms with E-state index in [9.17, 15) is 0 Å². The van der Waals surface area contributed by atoms with Crippen molar-refractivity contribution in [3.63, 3.8) is 0 Å². The molecular formula is C18H21NO2. The maximum absolute atomic E-state index is 5.86. The van der Waals surface area contributed by atoms with E-state index in [1.54, 1.807) is 0 Å². The number of hydrogen-bond donors (Lipinski definition) is 1. The molecule has 2 aromatic carbocycles. The molecule has 1 N–H and O–H groups in total. The topological polar surface area (TPSA) is 30.5 Å². The normalized spacial score (nSPS) is 16.4. The summed E-state index contributed by atoms with van der Waals surface area (Å²) < 4.78 is 11.4. The fourth-order valence-electron chi connectivity index (χ4n) is 2.55. The van der Waals surface area contributed by atoms with Crippen LogP contribution in [-0.2, 0) is 17.7 Å². The molecule has 1 aliphatic heterocycles. The first-order valence-corrected chi connectivity index (χ1v) is 7.49. The van der Waals surface area contributed by atoms with E-state index in [-0.39, 0.29) is 0 Å². The van der Waals surface area contributed by atoms with Gasteiger partial charge in [-0.15, -0.1) is 0 Å². The molecule has 0 amide bonds. The van der Waals surface area contributed by atoms with Gasteiger partial charge in [0.05, 0.1) is 13.2 Å². The Morgan fingerprint density at radius 1 is 0.857 bits per heavy atom. The lowest BCUT2D eigenvalue weighted by Gasteiger charge is -2.14. The minimum Gasteiger partial charge on any atom is -0.491 e. The van der Waals surface area contributed by atoms with Crippen LogP contribution in [0.1, 0.15) is 16.7 Å². The highest BCUT2D eigenvalue weighted by Crippen LogP contribution is 2.22. The lowest BCUT2D eigenvalue weighted by molar-refractivity contribution is 0.101. The minimum absolute atomic E-state index is 0.594. The average Bonchev–Trinajstić information content (AvgIpc) is 2.51. The summed E-state index contributed by atoms with van der Waals surface area (Å²) in [6, 6.07) is 17.0. The molecule has 21 heavy (non-hydrogen) atoms. The van der Waals surface area contributed by atoms with Crippen molar-refractivity contribution in [3.05, 3.63) is 65.2 Å². The molecule has 2 aromatic rings. The predicted molar refractivity (Wildman–Crippen MR) is 83.7 cm³/mol. The van der Waals surface area contributed by atoms with Crippen molar-refractivity contribution in [2.75, 3.05) is 26.4 Å². The first-order chi connectivity index (χ1) is 10.4. The number of hydrogen-bond acceptors (Lipinski definition) is 3. The van der Waals surface area contributed by atoms with Gasteiger partial charge in [-0.2, -0.15) is 0 Å². The van der Waals surface area contributed by atoms with Gasteiger partial charge in [-0.25, -0.2) is 0 Å². The molecule has 0 radical (unpaired) electrons. The van der Waals surface area contributed by atoms with E-state index in [0.29, 0.717) is 19.8 Å². The SMILES string of the molecule is c1cc2cc(c1)Cc1ccccc1OCCOCCNC2. The number of rotatable bonds is 0. The summed E-state index contributed by atoms with van der Waals surface area (Å²) in [6.45, 7) is 3.68. The van der Waals surface area contributed by atoms with Gasteiger partial charge < -0.3 is 14.8 Å². The fourth-order valence-corrected chi connectivity index (χ4v) is 2.55. The van der Waals surface area contributed by atoms with Crippen molar-refractivity contribution in [1.82, 2.24) is 5.32 Å². The monoisotopic (exact) mass is 283 g/mol. The molecule has 1 aliphatic rings. The Bertz CT molecular complexity index is 583. The van der Waals surface area contributed by atoms with Crippen molar-refractivity contribution >= 4 is 0 Å². The van der Waals surface area contributed by atoms with Crippen molar-refractivity contribution in [2.45, 2.75) is 13.0 Å². The summed E-state index contributed by atoms with van der Waals surface area (Å²) in [5.74, 6) is 0.960. The largest absolute Gasteiger partial charge is 0.491 e. The smallest absolute Gasteiger partial charge is 0.122 e. The molecular weight excluding hydrogens is 262 g/mol. The molecule has 0 atom stereocenters. The van der Waals surface area contributed by atoms with Crippen molar-refractivity contribution in [1.29, 1.82) is 0 Å². The highest BCUT2D eigenvalue weighted by atomic mass is 16.5. The van der Waals surface area contributed by atoms with E-state index in [2.05, 4.69) is 41.7 Å². The molecule has 3 nitrogen and oxygen atoms in total. The second-order valence-corrected chi connectivity index (χ2v) is 5.24. The summed E-state index contributed by atoms with van der Waals surface area (Å²) in [5, 5.41) is 3.40. The Balaban J connectivity index is 1.85. The molecule has 0 aromatic heterocycles. The van der Waals surface area contributed by atoms with Crippen LogP contribution in [0, 0.1) is 0 Å². The maximum atomic E-state index is 5.86. The molecule has 110 valence electrons. The van der Waals surface area contributed by atoms with Crippen LogP contribution in [0.3, 0.4) is 0 Å². The second-order valence-electron chi connectivity index (χ2n) is 5.24. The van der Waals surface area contributed by atoms with Crippen LogP contribution >= 0.6 is 0 Å². The zero-order valence-electron chi connectivity index (χ0n) is 12.2. The summed E-state index contributed by atoms with van der Waals surface area (Å²) in [5.41, 5.74) is 3.85. The fraction of sp³-hybridized carbons (Fsp3) is 0.333. The van der Waals surface area contributed by atoms with E-state index in [4.69, 9.17) is 9.47 Å². The number of nitrogens with one attached hydrogen (secondary N) is 1. The third-order valence-corrected chi connectivity index (χ3v) is 3.60. The number of benzene rings is 2. The van der Waals surface area contributed by atoms with Gasteiger partial charge in [0.1, 0.15) is 12.4 Å². The molecule has 0 spiro atoms. The van der Waals surface area contributed by atoms with Gasteiger partial charge in [-0.05, 0) is 22.8 Å². The maximum Gasteiger partial charge on any atom is 0.122 e. The highest BCUT2D eigenvalue weighted by molar-refractivity contribution is 5.38. The van der Waals surface area contributed by atoms with Crippen LogP contribution in [0.15, 0.2) is 48.5 Å². The Morgan fingerprint density at radius 3 is 2.76 bits per heavy atom. The van der Waals surface area contributed by atoms with Crippen molar-refractivity contribution in [3.8, 4) is 5.75 Å². The summed E-state index contributed by atoms with van der Waals surface area (Å²) in [4.78, 5) is 0. The molecule has 0 saturated heterocycles. The molecule has 0 unspecified atom stereocenters. The first kappa shape index (κ1) is 14.1. The highest BCUT2D eigenvalue weighted by Gasteiger charge is 2.06. The minimum atomic E-state index is 0.594. The van der Waals surface area contributed by atoms with Crippen molar-refractivity contribution in [2.24, 2.45) is 0 Å². The molecule has 0 saturated carbocycles. The van der Waals surface area contributed by atoms with E-state index in [0.717, 1.165) is 25.3 Å². The van der Waals surface area contributed by atoms with Crippen molar-refractivity contribution < 1.29 is 9.47 Å². The Morgan fingerprint density at radius 2 is 1.76 bits per heavy atom. The zero-order valence-corrected chi connectivity index (χ0v) is 12.2.